The quantitative estimate of drug-likeness (QED) is 0.862. The van der Waals surface area contributed by atoms with Crippen LogP contribution in [0.5, 0.6) is 0 Å². The molecule has 0 saturated carbocycles. The summed E-state index contributed by atoms with van der Waals surface area (Å²) >= 11 is 3.31. The van der Waals surface area contributed by atoms with Crippen LogP contribution in [0.3, 0.4) is 0 Å². The molecule has 0 unspecified atom stereocenters. The largest absolute Gasteiger partial charge is 0.433 e. The average molecular weight is 359 g/mol. The Bertz CT molecular complexity index is 669. The number of amides is 1. The van der Waals surface area contributed by atoms with E-state index in [1.165, 1.54) is 6.07 Å². The van der Waals surface area contributed by atoms with Crippen molar-refractivity contribution in [1.29, 1.82) is 0 Å². The summed E-state index contributed by atoms with van der Waals surface area (Å²) in [6.07, 6.45) is -3.52. The third-order valence-corrected chi connectivity index (χ3v) is 3.68. The second-order valence-electron chi connectivity index (χ2n) is 4.30. The molecule has 1 N–H and O–H groups in total. The minimum absolute atomic E-state index is 0.201. The molecule has 0 bridgehead atoms. The molecule has 0 radical (unpaired) electrons. The Morgan fingerprint density at radius 1 is 1.24 bits per heavy atom. The van der Waals surface area contributed by atoms with Crippen molar-refractivity contribution in [2.75, 3.05) is 5.32 Å². The van der Waals surface area contributed by atoms with Gasteiger partial charge < -0.3 is 5.32 Å². The van der Waals surface area contributed by atoms with Gasteiger partial charge in [0, 0.05) is 10.0 Å². The zero-order valence-corrected chi connectivity index (χ0v) is 12.4. The van der Waals surface area contributed by atoms with E-state index in [0.717, 1.165) is 22.3 Å². The SMILES string of the molecule is Cc1c(Br)cccc1C(=O)Nc1ccc(C(F)(F)F)nc1. The summed E-state index contributed by atoms with van der Waals surface area (Å²) in [4.78, 5) is 15.4. The fourth-order valence-corrected chi connectivity index (χ4v) is 2.05. The molecule has 0 fully saturated rings. The lowest BCUT2D eigenvalue weighted by molar-refractivity contribution is -0.141. The van der Waals surface area contributed by atoms with Crippen molar-refractivity contribution in [3.63, 3.8) is 0 Å². The number of aromatic nitrogens is 1. The lowest BCUT2D eigenvalue weighted by Crippen LogP contribution is -2.14. The van der Waals surface area contributed by atoms with Gasteiger partial charge in [0.1, 0.15) is 5.69 Å². The summed E-state index contributed by atoms with van der Waals surface area (Å²) in [6, 6.07) is 7.13. The van der Waals surface area contributed by atoms with Crippen molar-refractivity contribution >= 4 is 27.5 Å². The van der Waals surface area contributed by atoms with Gasteiger partial charge in [-0.05, 0) is 36.8 Å². The molecule has 21 heavy (non-hydrogen) atoms. The van der Waals surface area contributed by atoms with Crippen LogP contribution >= 0.6 is 15.9 Å². The van der Waals surface area contributed by atoms with Gasteiger partial charge >= 0.3 is 6.18 Å². The van der Waals surface area contributed by atoms with E-state index in [2.05, 4.69) is 26.2 Å². The molecule has 0 atom stereocenters. The van der Waals surface area contributed by atoms with Gasteiger partial charge in [-0.25, -0.2) is 4.98 Å². The smallest absolute Gasteiger partial charge is 0.321 e. The van der Waals surface area contributed by atoms with E-state index in [1.807, 2.05) is 0 Å². The average Bonchev–Trinajstić information content (AvgIpc) is 2.41. The number of halogens is 4. The molecule has 2 aromatic rings. The van der Waals surface area contributed by atoms with Crippen LogP contribution in [0.25, 0.3) is 0 Å². The van der Waals surface area contributed by atoms with Gasteiger partial charge in [0.2, 0.25) is 0 Å². The first kappa shape index (κ1) is 15.5. The Balaban J connectivity index is 2.18. The molecule has 1 heterocycles. The van der Waals surface area contributed by atoms with E-state index in [4.69, 9.17) is 0 Å². The molecule has 0 aliphatic heterocycles. The topological polar surface area (TPSA) is 42.0 Å². The normalized spacial score (nSPS) is 11.3. The summed E-state index contributed by atoms with van der Waals surface area (Å²) in [5.41, 5.74) is 0.380. The third kappa shape index (κ3) is 3.60. The molecular formula is C14H10BrF3N2O. The van der Waals surface area contributed by atoms with E-state index in [0.29, 0.717) is 5.56 Å². The Hall–Kier alpha value is -1.89. The highest BCUT2D eigenvalue weighted by Crippen LogP contribution is 2.28. The van der Waals surface area contributed by atoms with Crippen molar-refractivity contribution in [3.8, 4) is 0 Å². The monoisotopic (exact) mass is 358 g/mol. The summed E-state index contributed by atoms with van der Waals surface area (Å²) in [7, 11) is 0. The van der Waals surface area contributed by atoms with Gasteiger partial charge in [-0.3, -0.25) is 4.79 Å². The van der Waals surface area contributed by atoms with Crippen LogP contribution in [-0.4, -0.2) is 10.9 Å². The van der Waals surface area contributed by atoms with Crippen molar-refractivity contribution < 1.29 is 18.0 Å². The maximum Gasteiger partial charge on any atom is 0.433 e. The highest BCUT2D eigenvalue weighted by Gasteiger charge is 2.32. The zero-order valence-electron chi connectivity index (χ0n) is 10.8. The number of benzene rings is 1. The highest BCUT2D eigenvalue weighted by molar-refractivity contribution is 9.10. The molecule has 0 spiro atoms. The number of hydrogen-bond donors (Lipinski definition) is 1. The number of rotatable bonds is 2. The first-order chi connectivity index (χ1) is 9.79. The van der Waals surface area contributed by atoms with Gasteiger partial charge in [0.15, 0.2) is 0 Å². The molecule has 1 aromatic heterocycles. The van der Waals surface area contributed by atoms with Crippen LogP contribution in [-0.2, 0) is 6.18 Å². The summed E-state index contributed by atoms with van der Waals surface area (Å²) in [5, 5.41) is 2.52. The minimum Gasteiger partial charge on any atom is -0.321 e. The molecule has 0 aliphatic rings. The number of alkyl halides is 3. The van der Waals surface area contributed by atoms with E-state index in [1.54, 1.807) is 25.1 Å². The molecule has 1 aromatic carbocycles. The maximum absolute atomic E-state index is 12.4. The Kier molecular flexibility index (Phi) is 4.32. The number of nitrogens with one attached hydrogen (secondary N) is 1. The minimum atomic E-state index is -4.50. The predicted octanol–water partition coefficient (Wildman–Crippen LogP) is 4.42. The van der Waals surface area contributed by atoms with Gasteiger partial charge in [0.05, 0.1) is 11.9 Å². The van der Waals surface area contributed by atoms with Crippen LogP contribution < -0.4 is 5.32 Å². The van der Waals surface area contributed by atoms with E-state index in [-0.39, 0.29) is 5.69 Å². The summed E-state index contributed by atoms with van der Waals surface area (Å²) < 4.78 is 37.9. The predicted molar refractivity (Wildman–Crippen MR) is 76.1 cm³/mol. The molecule has 3 nitrogen and oxygen atoms in total. The molecule has 0 saturated heterocycles. The van der Waals surface area contributed by atoms with Gasteiger partial charge in [-0.2, -0.15) is 13.2 Å². The molecule has 0 aliphatic carbocycles. The van der Waals surface area contributed by atoms with Crippen molar-refractivity contribution in [2.24, 2.45) is 0 Å². The highest BCUT2D eigenvalue weighted by atomic mass is 79.9. The Morgan fingerprint density at radius 3 is 2.52 bits per heavy atom. The summed E-state index contributed by atoms with van der Waals surface area (Å²) in [5.74, 6) is -0.407. The number of carbonyl (C=O) groups excluding carboxylic acids is 1. The second kappa shape index (κ2) is 5.85. The Morgan fingerprint density at radius 2 is 1.95 bits per heavy atom. The fourth-order valence-electron chi connectivity index (χ4n) is 1.69. The van der Waals surface area contributed by atoms with Gasteiger partial charge in [-0.1, -0.05) is 22.0 Å². The van der Waals surface area contributed by atoms with Crippen molar-refractivity contribution in [3.05, 3.63) is 57.8 Å². The van der Waals surface area contributed by atoms with Crippen LogP contribution in [0.4, 0.5) is 18.9 Å². The van der Waals surface area contributed by atoms with Crippen LogP contribution in [0, 0.1) is 6.92 Å². The van der Waals surface area contributed by atoms with Crippen molar-refractivity contribution in [2.45, 2.75) is 13.1 Å². The number of nitrogens with zero attached hydrogens (tertiary/aromatic N) is 1. The number of anilines is 1. The Labute approximate surface area is 127 Å². The molecule has 110 valence electrons. The van der Waals surface area contributed by atoms with Crippen molar-refractivity contribution in [1.82, 2.24) is 4.98 Å². The third-order valence-electron chi connectivity index (χ3n) is 2.82. The lowest BCUT2D eigenvalue weighted by atomic mass is 10.1. The molecule has 2 rings (SSSR count). The molecule has 1 amide bonds. The first-order valence-electron chi connectivity index (χ1n) is 5.89. The maximum atomic E-state index is 12.4. The molecule has 7 heteroatoms. The number of hydrogen-bond acceptors (Lipinski definition) is 2. The van der Waals surface area contributed by atoms with E-state index < -0.39 is 17.8 Å². The van der Waals surface area contributed by atoms with Gasteiger partial charge in [-0.15, -0.1) is 0 Å². The number of carbonyl (C=O) groups is 1. The van der Waals surface area contributed by atoms with Crippen LogP contribution in [0.15, 0.2) is 41.0 Å². The zero-order chi connectivity index (χ0) is 15.6. The van der Waals surface area contributed by atoms with Crippen LogP contribution in [0.2, 0.25) is 0 Å². The van der Waals surface area contributed by atoms with E-state index in [9.17, 15) is 18.0 Å². The number of pyridine rings is 1. The first-order valence-corrected chi connectivity index (χ1v) is 6.68. The fraction of sp³-hybridized carbons (Fsp3) is 0.143. The molecular weight excluding hydrogens is 349 g/mol. The van der Waals surface area contributed by atoms with E-state index >= 15 is 0 Å². The van der Waals surface area contributed by atoms with Crippen LogP contribution in [0.1, 0.15) is 21.6 Å². The standard InChI is InChI=1S/C14H10BrF3N2O/c1-8-10(3-2-4-11(8)15)13(21)20-9-5-6-12(19-7-9)14(16,17)18/h2-7H,1H3,(H,20,21). The lowest BCUT2D eigenvalue weighted by Gasteiger charge is -2.10. The summed E-state index contributed by atoms with van der Waals surface area (Å²) in [6.45, 7) is 1.77. The second-order valence-corrected chi connectivity index (χ2v) is 5.15. The van der Waals surface area contributed by atoms with Gasteiger partial charge in [0.25, 0.3) is 5.91 Å².